The smallest absolute Gasteiger partial charge is 0.259 e. The van der Waals surface area contributed by atoms with Crippen LogP contribution in [-0.2, 0) is 14.8 Å². The monoisotopic (exact) mass is 247 g/mol. The predicted octanol–water partition coefficient (Wildman–Crippen LogP) is 0.375. The maximum Gasteiger partial charge on any atom is 0.259 e. The minimum Gasteiger partial charge on any atom is -0.380 e. The van der Waals surface area contributed by atoms with Crippen LogP contribution in [0.15, 0.2) is 11.2 Å². The van der Waals surface area contributed by atoms with Crippen LogP contribution in [0.25, 0.3) is 0 Å². The van der Waals surface area contributed by atoms with Crippen molar-refractivity contribution >= 4 is 10.0 Å². The van der Waals surface area contributed by atoms with Gasteiger partial charge in [-0.3, -0.25) is 0 Å². The summed E-state index contributed by atoms with van der Waals surface area (Å²) in [6.45, 7) is 4.87. The van der Waals surface area contributed by atoms with Crippen molar-refractivity contribution in [2.75, 3.05) is 26.8 Å². The van der Waals surface area contributed by atoms with E-state index in [-0.39, 0.29) is 5.03 Å². The Labute approximate surface area is 95.7 Å². The number of hydrogen-bond acceptors (Lipinski definition) is 4. The number of sulfonamides is 1. The molecule has 0 unspecified atom stereocenters. The van der Waals surface area contributed by atoms with Gasteiger partial charge in [-0.25, -0.2) is 13.4 Å². The van der Waals surface area contributed by atoms with Gasteiger partial charge < -0.3 is 9.72 Å². The van der Waals surface area contributed by atoms with Crippen LogP contribution in [0.4, 0.5) is 0 Å². The second-order valence-corrected chi connectivity index (χ2v) is 5.37. The summed E-state index contributed by atoms with van der Waals surface area (Å²) >= 11 is 0. The van der Waals surface area contributed by atoms with E-state index < -0.39 is 10.0 Å². The van der Waals surface area contributed by atoms with Gasteiger partial charge in [-0.15, -0.1) is 0 Å². The van der Waals surface area contributed by atoms with Gasteiger partial charge in [0.15, 0.2) is 5.03 Å². The topological polar surface area (TPSA) is 75.3 Å². The molecule has 0 saturated carbocycles. The van der Waals surface area contributed by atoms with Crippen molar-refractivity contribution in [1.82, 2.24) is 14.3 Å². The number of likely N-dealkylation sites (N-methyl/N-ethyl adjacent to an activating group) is 1. The fourth-order valence-corrected chi connectivity index (χ4v) is 2.27. The van der Waals surface area contributed by atoms with Crippen molar-refractivity contribution in [3.63, 3.8) is 0 Å². The predicted molar refractivity (Wildman–Crippen MR) is 59.6 cm³/mol. The van der Waals surface area contributed by atoms with Crippen molar-refractivity contribution in [3.05, 3.63) is 12.0 Å². The summed E-state index contributed by atoms with van der Waals surface area (Å²) in [5, 5.41) is 0.115. The van der Waals surface area contributed by atoms with Gasteiger partial charge in [0.1, 0.15) is 5.82 Å². The van der Waals surface area contributed by atoms with Gasteiger partial charge in [0.25, 0.3) is 10.0 Å². The molecule has 16 heavy (non-hydrogen) atoms. The van der Waals surface area contributed by atoms with Gasteiger partial charge in [-0.05, 0) is 13.8 Å². The van der Waals surface area contributed by atoms with Crippen LogP contribution in [-0.4, -0.2) is 49.5 Å². The van der Waals surface area contributed by atoms with E-state index in [1.54, 1.807) is 6.92 Å². The molecule has 1 N–H and O–H groups in total. The number of ether oxygens (including phenoxy) is 1. The minimum atomic E-state index is -3.46. The molecule has 0 radical (unpaired) electrons. The molecular weight excluding hydrogens is 230 g/mol. The molecule has 0 spiro atoms. The second kappa shape index (κ2) is 5.42. The highest BCUT2D eigenvalue weighted by molar-refractivity contribution is 7.89. The van der Waals surface area contributed by atoms with E-state index in [1.165, 1.54) is 17.5 Å². The molecule has 1 aromatic heterocycles. The normalized spacial score (nSPS) is 12.2. The van der Waals surface area contributed by atoms with Crippen molar-refractivity contribution in [3.8, 4) is 0 Å². The first-order chi connectivity index (χ1) is 7.48. The van der Waals surface area contributed by atoms with Crippen LogP contribution in [0, 0.1) is 6.92 Å². The lowest BCUT2D eigenvalue weighted by molar-refractivity contribution is 0.138. The molecule has 0 aliphatic carbocycles. The van der Waals surface area contributed by atoms with E-state index >= 15 is 0 Å². The number of aromatic amines is 1. The first-order valence-electron chi connectivity index (χ1n) is 5.04. The van der Waals surface area contributed by atoms with Crippen LogP contribution >= 0.6 is 0 Å². The molecular formula is C9H17N3O3S. The Morgan fingerprint density at radius 2 is 2.25 bits per heavy atom. The number of aryl methyl sites for hydroxylation is 1. The number of hydrogen-bond donors (Lipinski definition) is 1. The van der Waals surface area contributed by atoms with E-state index in [0.717, 1.165) is 0 Å². The lowest BCUT2D eigenvalue weighted by Gasteiger charge is -2.15. The number of H-pyrrole nitrogens is 1. The first-order valence-corrected chi connectivity index (χ1v) is 6.48. The zero-order valence-electron chi connectivity index (χ0n) is 9.73. The molecule has 1 aromatic rings. The van der Waals surface area contributed by atoms with Crippen LogP contribution < -0.4 is 0 Å². The van der Waals surface area contributed by atoms with Gasteiger partial charge in [0.2, 0.25) is 0 Å². The number of nitrogens with one attached hydrogen (secondary N) is 1. The summed E-state index contributed by atoms with van der Waals surface area (Å²) in [6, 6.07) is 0. The van der Waals surface area contributed by atoms with Crippen molar-refractivity contribution < 1.29 is 13.2 Å². The first kappa shape index (κ1) is 13.1. The van der Waals surface area contributed by atoms with E-state index in [0.29, 0.717) is 25.6 Å². The summed E-state index contributed by atoms with van der Waals surface area (Å²) in [4.78, 5) is 6.58. The van der Waals surface area contributed by atoms with Gasteiger partial charge in [-0.1, -0.05) is 0 Å². The van der Waals surface area contributed by atoms with Gasteiger partial charge in [0.05, 0.1) is 12.8 Å². The van der Waals surface area contributed by atoms with Gasteiger partial charge in [-0.2, -0.15) is 4.31 Å². The van der Waals surface area contributed by atoms with Crippen LogP contribution in [0.5, 0.6) is 0 Å². The highest BCUT2D eigenvalue weighted by atomic mass is 32.2. The number of aromatic nitrogens is 2. The third-order valence-corrected chi connectivity index (χ3v) is 3.89. The van der Waals surface area contributed by atoms with Crippen LogP contribution in [0.3, 0.4) is 0 Å². The molecule has 0 saturated heterocycles. The average Bonchev–Trinajstić information content (AvgIpc) is 2.65. The molecule has 6 nitrogen and oxygen atoms in total. The Kier molecular flexibility index (Phi) is 4.45. The van der Waals surface area contributed by atoms with Crippen molar-refractivity contribution in [2.24, 2.45) is 0 Å². The lowest BCUT2D eigenvalue weighted by atomic mass is 10.7. The molecule has 0 aromatic carbocycles. The molecule has 1 heterocycles. The molecule has 0 amide bonds. The summed E-state index contributed by atoms with van der Waals surface area (Å²) in [5.74, 6) is 0.580. The molecule has 0 fully saturated rings. The standard InChI is InChI=1S/C9H17N3O3S/c1-4-15-6-5-12(3)16(13,14)9-7-10-8(2)11-9/h7H,4-6H2,1-3H3,(H,10,11). The number of imidazole rings is 1. The second-order valence-electron chi connectivity index (χ2n) is 3.36. The third kappa shape index (κ3) is 3.03. The molecule has 0 atom stereocenters. The highest BCUT2D eigenvalue weighted by Crippen LogP contribution is 2.10. The maximum atomic E-state index is 11.9. The molecule has 92 valence electrons. The summed E-state index contributed by atoms with van der Waals surface area (Å²) in [6.07, 6.45) is 1.32. The van der Waals surface area contributed by atoms with Gasteiger partial charge in [0, 0.05) is 20.2 Å². The zero-order valence-corrected chi connectivity index (χ0v) is 10.5. The lowest BCUT2D eigenvalue weighted by Crippen LogP contribution is -2.30. The minimum absolute atomic E-state index is 0.115. The van der Waals surface area contributed by atoms with Crippen molar-refractivity contribution in [1.29, 1.82) is 0 Å². The van der Waals surface area contributed by atoms with E-state index in [2.05, 4.69) is 9.97 Å². The van der Waals surface area contributed by atoms with Gasteiger partial charge >= 0.3 is 0 Å². The van der Waals surface area contributed by atoms with Crippen molar-refractivity contribution in [2.45, 2.75) is 18.9 Å². The Morgan fingerprint density at radius 3 is 2.75 bits per heavy atom. The van der Waals surface area contributed by atoms with E-state index in [4.69, 9.17) is 4.74 Å². The highest BCUT2D eigenvalue weighted by Gasteiger charge is 2.22. The maximum absolute atomic E-state index is 11.9. The van der Waals surface area contributed by atoms with E-state index in [9.17, 15) is 8.42 Å². The number of nitrogens with zero attached hydrogens (tertiary/aromatic N) is 2. The SMILES string of the molecule is CCOCCN(C)S(=O)(=O)c1cnc(C)[nH]1. The molecule has 0 bridgehead atoms. The summed E-state index contributed by atoms with van der Waals surface area (Å²) in [5.41, 5.74) is 0. The van der Waals surface area contributed by atoms with Crippen LogP contribution in [0.1, 0.15) is 12.7 Å². The fraction of sp³-hybridized carbons (Fsp3) is 0.667. The molecule has 0 aliphatic heterocycles. The zero-order chi connectivity index (χ0) is 12.2. The Balaban J connectivity index is 2.70. The molecule has 0 aliphatic rings. The average molecular weight is 247 g/mol. The van der Waals surface area contributed by atoms with E-state index in [1.807, 2.05) is 6.92 Å². The molecule has 7 heteroatoms. The largest absolute Gasteiger partial charge is 0.380 e. The third-order valence-electron chi connectivity index (χ3n) is 2.12. The Hall–Kier alpha value is -0.920. The molecule has 1 rings (SSSR count). The Bertz CT molecular complexity index is 427. The number of rotatable bonds is 6. The Morgan fingerprint density at radius 1 is 1.56 bits per heavy atom. The summed E-state index contributed by atoms with van der Waals surface area (Å²) < 4.78 is 30.2. The van der Waals surface area contributed by atoms with Crippen LogP contribution in [0.2, 0.25) is 0 Å². The fourth-order valence-electron chi connectivity index (χ4n) is 1.15. The quantitative estimate of drug-likeness (QED) is 0.737. The summed E-state index contributed by atoms with van der Waals surface area (Å²) in [7, 11) is -1.94.